The van der Waals surface area contributed by atoms with Crippen LogP contribution in [0, 0.1) is 0 Å². The number of nitrogens with zero attached hydrogens (tertiary/aromatic N) is 1. The summed E-state index contributed by atoms with van der Waals surface area (Å²) in [5.41, 5.74) is 0.684. The number of aliphatic hydroxyl groups is 1. The summed E-state index contributed by atoms with van der Waals surface area (Å²) >= 11 is 0. The van der Waals surface area contributed by atoms with Crippen molar-refractivity contribution >= 4 is 17.5 Å². The lowest BCUT2D eigenvalue weighted by molar-refractivity contribution is -0.138. The maximum Gasteiger partial charge on any atom is 0.328 e. The second-order valence-electron chi connectivity index (χ2n) is 4.44. The van der Waals surface area contributed by atoms with Gasteiger partial charge in [-0.25, -0.2) is 4.79 Å². The number of allylic oxidation sites excluding steroid dienone is 2. The number of carbonyl (C=O) groups is 2. The van der Waals surface area contributed by atoms with Crippen molar-refractivity contribution < 1.29 is 19.8 Å². The monoisotopic (exact) mass is 253 g/mol. The molecule has 1 atom stereocenters. The first-order valence-corrected chi connectivity index (χ1v) is 6.22. The maximum absolute atomic E-state index is 11.8. The molecule has 1 saturated carbocycles. The summed E-state index contributed by atoms with van der Waals surface area (Å²) in [5.74, 6) is -1.13. The molecule has 0 heterocycles. The first kappa shape index (κ1) is 14.4. The quantitative estimate of drug-likeness (QED) is 0.594. The van der Waals surface area contributed by atoms with Gasteiger partial charge in [-0.1, -0.05) is 6.92 Å². The zero-order valence-electron chi connectivity index (χ0n) is 10.8. The number of hydrogen-bond acceptors (Lipinski definition) is 4. The topological polar surface area (TPSA) is 87.0 Å². The molecule has 0 aromatic carbocycles. The van der Waals surface area contributed by atoms with Gasteiger partial charge in [-0.3, -0.25) is 9.79 Å². The molecular weight excluding hydrogens is 234 g/mol. The Balaban J connectivity index is 3.10. The fourth-order valence-electron chi connectivity index (χ4n) is 1.93. The number of rotatable bonds is 4. The molecule has 0 bridgehead atoms. The standard InChI is InChI=1S/C13H19NO4/c1-3-5-10(15)12-9(6-4-7-11(12)16)14-8(2)13(17)18/h8,15H,3-7H2,1-2H3,(H,17,18). The number of carbonyl (C=O) groups excluding carboxylic acids is 1. The minimum Gasteiger partial charge on any atom is -0.511 e. The summed E-state index contributed by atoms with van der Waals surface area (Å²) in [6.45, 7) is 3.36. The van der Waals surface area contributed by atoms with E-state index in [4.69, 9.17) is 5.11 Å². The van der Waals surface area contributed by atoms with Gasteiger partial charge >= 0.3 is 5.97 Å². The van der Waals surface area contributed by atoms with E-state index in [0.29, 0.717) is 31.4 Å². The van der Waals surface area contributed by atoms with Gasteiger partial charge in [-0.2, -0.15) is 0 Å². The highest BCUT2D eigenvalue weighted by Crippen LogP contribution is 2.23. The van der Waals surface area contributed by atoms with E-state index in [9.17, 15) is 14.7 Å². The summed E-state index contributed by atoms with van der Waals surface area (Å²) in [4.78, 5) is 26.7. The van der Waals surface area contributed by atoms with Gasteiger partial charge in [-0.05, 0) is 26.2 Å². The molecule has 1 aliphatic carbocycles. The summed E-state index contributed by atoms with van der Waals surface area (Å²) in [6, 6.07) is -0.893. The molecule has 0 radical (unpaired) electrons. The predicted octanol–water partition coefficient (Wildman–Crippen LogP) is 2.27. The molecule has 1 aliphatic rings. The van der Waals surface area contributed by atoms with Gasteiger partial charge in [0, 0.05) is 12.8 Å². The summed E-state index contributed by atoms with van der Waals surface area (Å²) < 4.78 is 0. The third-order valence-electron chi connectivity index (χ3n) is 2.87. The molecular formula is C13H19NO4. The molecule has 1 rings (SSSR count). The van der Waals surface area contributed by atoms with Crippen LogP contribution in [0.15, 0.2) is 16.3 Å². The van der Waals surface area contributed by atoms with Crippen LogP contribution in [0.2, 0.25) is 0 Å². The number of carboxylic acid groups (broad SMARTS) is 1. The second-order valence-corrected chi connectivity index (χ2v) is 4.44. The maximum atomic E-state index is 11.8. The van der Waals surface area contributed by atoms with E-state index in [2.05, 4.69) is 4.99 Å². The van der Waals surface area contributed by atoms with Gasteiger partial charge in [-0.15, -0.1) is 0 Å². The number of aliphatic carboxylic acids is 1. The number of Topliss-reactive ketones (excluding diaryl/α,β-unsaturated/α-hetero) is 1. The third-order valence-corrected chi connectivity index (χ3v) is 2.87. The molecule has 0 aromatic rings. The molecule has 5 heteroatoms. The fourth-order valence-corrected chi connectivity index (χ4v) is 1.93. The van der Waals surface area contributed by atoms with Gasteiger partial charge in [0.25, 0.3) is 0 Å². The van der Waals surface area contributed by atoms with Gasteiger partial charge in [0.1, 0.15) is 11.8 Å². The van der Waals surface area contributed by atoms with Crippen molar-refractivity contribution in [2.75, 3.05) is 0 Å². The number of carboxylic acids is 1. The fraction of sp³-hybridized carbons (Fsp3) is 0.615. The average molecular weight is 253 g/mol. The molecule has 5 nitrogen and oxygen atoms in total. The van der Waals surface area contributed by atoms with Crippen LogP contribution in [0.4, 0.5) is 0 Å². The first-order chi connectivity index (χ1) is 8.47. The molecule has 1 unspecified atom stereocenters. The van der Waals surface area contributed by atoms with Gasteiger partial charge < -0.3 is 10.2 Å². The van der Waals surface area contributed by atoms with Crippen molar-refractivity contribution in [3.63, 3.8) is 0 Å². The number of hydrogen-bond donors (Lipinski definition) is 2. The van der Waals surface area contributed by atoms with Crippen molar-refractivity contribution in [1.29, 1.82) is 0 Å². The van der Waals surface area contributed by atoms with Crippen molar-refractivity contribution in [2.45, 2.75) is 52.0 Å². The molecule has 0 saturated heterocycles. The molecule has 0 spiro atoms. The second kappa shape index (κ2) is 6.33. The predicted molar refractivity (Wildman–Crippen MR) is 68.0 cm³/mol. The van der Waals surface area contributed by atoms with Crippen molar-refractivity contribution in [2.24, 2.45) is 4.99 Å². The van der Waals surface area contributed by atoms with Crippen molar-refractivity contribution in [3.8, 4) is 0 Å². The molecule has 0 amide bonds. The SMILES string of the molecule is CCCC(O)=C1C(=O)CCCC1=NC(C)C(=O)O. The summed E-state index contributed by atoms with van der Waals surface area (Å²) in [5, 5.41) is 18.7. The zero-order valence-corrected chi connectivity index (χ0v) is 10.8. The van der Waals surface area contributed by atoms with Gasteiger partial charge in [0.2, 0.25) is 0 Å². The summed E-state index contributed by atoms with van der Waals surface area (Å²) in [6.07, 6.45) is 2.74. The molecule has 2 N–H and O–H groups in total. The Bertz CT molecular complexity index is 409. The largest absolute Gasteiger partial charge is 0.511 e. The van der Waals surface area contributed by atoms with Crippen molar-refractivity contribution in [1.82, 2.24) is 0 Å². The normalized spacial score (nSPS) is 23.0. The van der Waals surface area contributed by atoms with Crippen LogP contribution in [0.3, 0.4) is 0 Å². The number of aliphatic hydroxyl groups excluding tert-OH is 1. The Morgan fingerprint density at radius 1 is 1.39 bits per heavy atom. The van der Waals surface area contributed by atoms with Crippen LogP contribution in [-0.2, 0) is 9.59 Å². The minimum atomic E-state index is -1.03. The van der Waals surface area contributed by atoms with Gasteiger partial charge in [0.15, 0.2) is 5.78 Å². The van der Waals surface area contributed by atoms with E-state index in [-0.39, 0.29) is 17.1 Å². The first-order valence-electron chi connectivity index (χ1n) is 6.22. The van der Waals surface area contributed by atoms with Crippen LogP contribution in [0.5, 0.6) is 0 Å². The van der Waals surface area contributed by atoms with E-state index in [1.807, 2.05) is 6.92 Å². The van der Waals surface area contributed by atoms with Crippen LogP contribution in [0.25, 0.3) is 0 Å². The smallest absolute Gasteiger partial charge is 0.328 e. The van der Waals surface area contributed by atoms with Crippen LogP contribution < -0.4 is 0 Å². The minimum absolute atomic E-state index is 0.0403. The lowest BCUT2D eigenvalue weighted by Gasteiger charge is -2.18. The van der Waals surface area contributed by atoms with E-state index in [0.717, 1.165) is 6.42 Å². The van der Waals surface area contributed by atoms with Gasteiger partial charge in [0.05, 0.1) is 11.3 Å². The Hall–Kier alpha value is -1.65. The number of ketones is 1. The van der Waals surface area contributed by atoms with Crippen molar-refractivity contribution in [3.05, 3.63) is 11.3 Å². The highest BCUT2D eigenvalue weighted by Gasteiger charge is 2.26. The van der Waals surface area contributed by atoms with E-state index < -0.39 is 12.0 Å². The highest BCUT2D eigenvalue weighted by molar-refractivity contribution is 6.24. The van der Waals surface area contributed by atoms with E-state index in [1.54, 1.807) is 0 Å². The van der Waals surface area contributed by atoms with Crippen LogP contribution in [-0.4, -0.2) is 33.7 Å². The molecule has 1 fully saturated rings. The van der Waals surface area contributed by atoms with Crippen LogP contribution >= 0.6 is 0 Å². The molecule has 100 valence electrons. The zero-order chi connectivity index (χ0) is 13.7. The summed E-state index contributed by atoms with van der Waals surface area (Å²) in [7, 11) is 0. The Labute approximate surface area is 106 Å². The van der Waals surface area contributed by atoms with E-state index in [1.165, 1.54) is 6.92 Å². The van der Waals surface area contributed by atoms with E-state index >= 15 is 0 Å². The van der Waals surface area contributed by atoms with Crippen LogP contribution in [0.1, 0.15) is 46.0 Å². The number of aliphatic imine (C=N–C) groups is 1. The average Bonchev–Trinajstić information content (AvgIpc) is 2.29. The third kappa shape index (κ3) is 3.42. The Morgan fingerprint density at radius 3 is 2.61 bits per heavy atom. The Kier molecular flexibility index (Phi) is 5.07. The highest BCUT2D eigenvalue weighted by atomic mass is 16.4. The lowest BCUT2D eigenvalue weighted by Crippen LogP contribution is -2.24. The Morgan fingerprint density at radius 2 is 2.06 bits per heavy atom. The lowest BCUT2D eigenvalue weighted by atomic mass is 9.89. The molecule has 0 aromatic heterocycles. The molecule has 18 heavy (non-hydrogen) atoms. The molecule has 0 aliphatic heterocycles.